The Morgan fingerprint density at radius 1 is 1.09 bits per heavy atom. The summed E-state index contributed by atoms with van der Waals surface area (Å²) >= 11 is 1.45. The maximum atomic E-state index is 12.3. The molecular weight excluding hydrogens is 440 g/mol. The van der Waals surface area contributed by atoms with E-state index in [1.54, 1.807) is 7.11 Å². The largest absolute Gasteiger partial charge is 0.495 e. The Labute approximate surface area is 198 Å². The molecule has 33 heavy (non-hydrogen) atoms. The molecule has 0 bridgehead atoms. The Morgan fingerprint density at radius 2 is 1.85 bits per heavy atom. The van der Waals surface area contributed by atoms with Crippen molar-refractivity contribution in [2.24, 2.45) is 0 Å². The summed E-state index contributed by atoms with van der Waals surface area (Å²) in [6.07, 6.45) is 7.91. The van der Waals surface area contributed by atoms with Crippen molar-refractivity contribution in [2.45, 2.75) is 62.6 Å². The Morgan fingerprint density at radius 3 is 2.61 bits per heavy atom. The van der Waals surface area contributed by atoms with Gasteiger partial charge in [0.25, 0.3) is 0 Å². The molecule has 178 valence electrons. The molecular formula is C23H32N6O3S. The molecule has 0 spiro atoms. The Bertz CT molecular complexity index is 953. The average molecular weight is 473 g/mol. The van der Waals surface area contributed by atoms with E-state index in [2.05, 4.69) is 25.7 Å². The number of carbonyl (C=O) groups excluding carboxylic acids is 2. The van der Waals surface area contributed by atoms with Gasteiger partial charge in [0, 0.05) is 31.3 Å². The molecule has 4 rings (SSSR count). The fourth-order valence-corrected chi connectivity index (χ4v) is 5.27. The van der Waals surface area contributed by atoms with Crippen molar-refractivity contribution in [3.8, 4) is 11.4 Å². The fraction of sp³-hybridized carbons (Fsp3) is 0.565. The van der Waals surface area contributed by atoms with Gasteiger partial charge in [-0.2, -0.15) is 0 Å². The summed E-state index contributed by atoms with van der Waals surface area (Å²) in [6.45, 7) is 1.88. The van der Waals surface area contributed by atoms with Crippen LogP contribution in [0.1, 0.15) is 51.4 Å². The molecule has 2 fully saturated rings. The molecule has 3 amide bonds. The molecule has 2 aliphatic rings. The number of para-hydroxylation sites is 2. The summed E-state index contributed by atoms with van der Waals surface area (Å²) in [5, 5.41) is 14.9. The number of nitrogens with zero attached hydrogens (tertiary/aromatic N) is 4. The fourth-order valence-electron chi connectivity index (χ4n) is 4.40. The summed E-state index contributed by atoms with van der Waals surface area (Å²) in [5.41, 5.74) is 0.869. The predicted molar refractivity (Wildman–Crippen MR) is 128 cm³/mol. The van der Waals surface area contributed by atoms with E-state index in [0.717, 1.165) is 69.0 Å². The molecule has 1 aromatic carbocycles. The van der Waals surface area contributed by atoms with Crippen molar-refractivity contribution in [1.82, 2.24) is 25.4 Å². The molecule has 2 aromatic rings. The first-order chi connectivity index (χ1) is 16.2. The van der Waals surface area contributed by atoms with Crippen molar-refractivity contribution in [2.75, 3.05) is 30.9 Å². The lowest BCUT2D eigenvalue weighted by Gasteiger charge is -2.28. The Balaban J connectivity index is 1.42. The third-order valence-corrected chi connectivity index (χ3v) is 7.02. The quantitative estimate of drug-likeness (QED) is 0.567. The maximum Gasteiger partial charge on any atom is 0.321 e. The van der Waals surface area contributed by atoms with E-state index in [4.69, 9.17) is 4.74 Å². The number of hydrogen-bond acceptors (Lipinski definition) is 7. The number of hydrogen-bond donors (Lipinski definition) is 2. The average Bonchev–Trinajstić information content (AvgIpc) is 3.49. The van der Waals surface area contributed by atoms with Crippen molar-refractivity contribution in [3.05, 3.63) is 24.3 Å². The van der Waals surface area contributed by atoms with Crippen molar-refractivity contribution in [1.29, 1.82) is 0 Å². The lowest BCUT2D eigenvalue weighted by Crippen LogP contribution is -2.43. The van der Waals surface area contributed by atoms with E-state index < -0.39 is 6.03 Å². The minimum atomic E-state index is -0.401. The number of carbonyl (C=O) groups is 2. The van der Waals surface area contributed by atoms with E-state index in [1.165, 1.54) is 18.2 Å². The van der Waals surface area contributed by atoms with Crippen LogP contribution in [-0.2, 0) is 4.79 Å². The summed E-state index contributed by atoms with van der Waals surface area (Å²) in [6, 6.07) is 7.57. The van der Waals surface area contributed by atoms with E-state index in [9.17, 15) is 9.59 Å². The van der Waals surface area contributed by atoms with E-state index >= 15 is 0 Å². The maximum absolute atomic E-state index is 12.3. The summed E-state index contributed by atoms with van der Waals surface area (Å²) < 4.78 is 7.61. The van der Waals surface area contributed by atoms with Crippen LogP contribution < -0.4 is 20.3 Å². The number of imide groups is 1. The number of thioether (sulfide) groups is 1. The summed E-state index contributed by atoms with van der Waals surface area (Å²) in [7, 11) is 1.65. The van der Waals surface area contributed by atoms with Crippen LogP contribution in [-0.4, -0.2) is 58.7 Å². The van der Waals surface area contributed by atoms with E-state index in [1.807, 2.05) is 28.8 Å². The zero-order chi connectivity index (χ0) is 23.0. The van der Waals surface area contributed by atoms with Gasteiger partial charge in [-0.15, -0.1) is 10.2 Å². The first-order valence-corrected chi connectivity index (χ1v) is 12.7. The molecule has 0 unspecified atom stereocenters. The standard InChI is InChI=1S/C23H32N6O3S/c1-32-19-12-6-5-11-18(19)29-22(28-14-7-2-8-15-28)26-27-23(29)33-16-13-20(30)25-21(31)24-17-9-3-4-10-17/h5-6,11-12,17H,2-4,7-10,13-16H2,1H3,(H2,24,25,30,31). The minimum Gasteiger partial charge on any atom is -0.495 e. The van der Waals surface area contributed by atoms with Crippen LogP contribution in [0.4, 0.5) is 10.7 Å². The van der Waals surface area contributed by atoms with Crippen molar-refractivity contribution < 1.29 is 14.3 Å². The van der Waals surface area contributed by atoms with Gasteiger partial charge in [-0.05, 0) is 44.2 Å². The van der Waals surface area contributed by atoms with Crippen LogP contribution in [0.2, 0.25) is 0 Å². The number of amides is 3. The molecule has 2 heterocycles. The van der Waals surface area contributed by atoms with Gasteiger partial charge in [0.05, 0.1) is 12.8 Å². The van der Waals surface area contributed by atoms with Crippen LogP contribution in [0.3, 0.4) is 0 Å². The highest BCUT2D eigenvalue weighted by Crippen LogP contribution is 2.33. The minimum absolute atomic E-state index is 0.180. The molecule has 0 atom stereocenters. The normalized spacial score (nSPS) is 16.6. The third-order valence-electron chi connectivity index (χ3n) is 6.08. The van der Waals surface area contributed by atoms with Crippen molar-refractivity contribution in [3.63, 3.8) is 0 Å². The highest BCUT2D eigenvalue weighted by Gasteiger charge is 2.24. The van der Waals surface area contributed by atoms with Gasteiger partial charge >= 0.3 is 6.03 Å². The first kappa shape index (κ1) is 23.4. The molecule has 1 aliphatic carbocycles. The smallest absolute Gasteiger partial charge is 0.321 e. The van der Waals surface area contributed by atoms with Crippen LogP contribution in [0.15, 0.2) is 29.4 Å². The number of urea groups is 1. The van der Waals surface area contributed by atoms with Gasteiger partial charge in [0.1, 0.15) is 5.75 Å². The molecule has 2 N–H and O–H groups in total. The molecule has 1 saturated carbocycles. The second-order valence-electron chi connectivity index (χ2n) is 8.44. The number of methoxy groups -OCH3 is 1. The number of aromatic nitrogens is 3. The predicted octanol–water partition coefficient (Wildman–Crippen LogP) is 3.52. The monoisotopic (exact) mass is 472 g/mol. The van der Waals surface area contributed by atoms with Gasteiger partial charge in [-0.3, -0.25) is 14.7 Å². The molecule has 9 nitrogen and oxygen atoms in total. The molecule has 1 saturated heterocycles. The number of benzene rings is 1. The van der Waals surface area contributed by atoms with Gasteiger partial charge in [0.15, 0.2) is 5.16 Å². The van der Waals surface area contributed by atoms with E-state index in [-0.39, 0.29) is 18.4 Å². The van der Waals surface area contributed by atoms with Crippen LogP contribution in [0.25, 0.3) is 5.69 Å². The van der Waals surface area contributed by atoms with Crippen LogP contribution in [0.5, 0.6) is 5.75 Å². The van der Waals surface area contributed by atoms with Gasteiger partial charge in [-0.25, -0.2) is 4.79 Å². The topological polar surface area (TPSA) is 101 Å². The van der Waals surface area contributed by atoms with Crippen LogP contribution >= 0.6 is 11.8 Å². The van der Waals surface area contributed by atoms with Crippen molar-refractivity contribution >= 4 is 29.6 Å². The van der Waals surface area contributed by atoms with Crippen LogP contribution in [0, 0.1) is 0 Å². The molecule has 0 radical (unpaired) electrons. The summed E-state index contributed by atoms with van der Waals surface area (Å²) in [5.74, 6) is 1.72. The number of rotatable bonds is 8. The Hall–Kier alpha value is -2.75. The third kappa shape index (κ3) is 5.98. The van der Waals surface area contributed by atoms with Gasteiger partial charge in [-0.1, -0.05) is 36.7 Å². The zero-order valence-electron chi connectivity index (χ0n) is 19.1. The number of nitrogens with one attached hydrogen (secondary N) is 2. The lowest BCUT2D eigenvalue weighted by molar-refractivity contribution is -0.119. The van der Waals surface area contributed by atoms with Gasteiger partial charge < -0.3 is 15.0 Å². The molecule has 1 aliphatic heterocycles. The molecule has 1 aromatic heterocycles. The first-order valence-electron chi connectivity index (χ1n) is 11.7. The highest BCUT2D eigenvalue weighted by molar-refractivity contribution is 7.99. The molecule has 10 heteroatoms. The van der Waals surface area contributed by atoms with Gasteiger partial charge in [0.2, 0.25) is 11.9 Å². The Kier molecular flexibility index (Phi) is 8.09. The number of piperidine rings is 1. The second kappa shape index (κ2) is 11.4. The SMILES string of the molecule is COc1ccccc1-n1c(SCCC(=O)NC(=O)NC2CCCC2)nnc1N1CCCCC1. The second-order valence-corrected chi connectivity index (χ2v) is 9.50. The number of ether oxygens (including phenoxy) is 1. The highest BCUT2D eigenvalue weighted by atomic mass is 32.2. The summed E-state index contributed by atoms with van der Waals surface area (Å²) in [4.78, 5) is 26.6. The number of anilines is 1. The van der Waals surface area contributed by atoms with E-state index in [0.29, 0.717) is 10.9 Å². The zero-order valence-corrected chi connectivity index (χ0v) is 19.9. The lowest BCUT2D eigenvalue weighted by atomic mass is 10.1.